The molecule has 0 saturated carbocycles. The fourth-order valence-electron chi connectivity index (χ4n) is 2.51. The summed E-state index contributed by atoms with van der Waals surface area (Å²) in [6.07, 6.45) is 0. The number of nitrogens with zero attached hydrogens (tertiary/aromatic N) is 1. The van der Waals surface area contributed by atoms with Gasteiger partial charge in [0.1, 0.15) is 5.75 Å². The second-order valence-electron chi connectivity index (χ2n) is 5.52. The second kappa shape index (κ2) is 9.44. The summed E-state index contributed by atoms with van der Waals surface area (Å²) in [6, 6.07) is 13.3. The molecule has 0 spiro atoms. The highest BCUT2D eigenvalue weighted by Crippen LogP contribution is 2.27. The lowest BCUT2D eigenvalue weighted by atomic mass is 10.0. The van der Waals surface area contributed by atoms with Crippen LogP contribution >= 0.6 is 0 Å². The number of carbonyl (C=O) groups excluding carboxylic acids is 1. The lowest BCUT2D eigenvalue weighted by molar-refractivity contribution is -0.144. The molecular weight excluding hydrogens is 332 g/mol. The third-order valence-electron chi connectivity index (χ3n) is 3.66. The maximum Gasteiger partial charge on any atom is 0.333 e. The number of aliphatic hydroxyl groups excluding tert-OH is 1. The van der Waals surface area contributed by atoms with Gasteiger partial charge >= 0.3 is 5.97 Å². The van der Waals surface area contributed by atoms with E-state index in [1.165, 1.54) is 0 Å². The molecule has 6 heteroatoms. The fourth-order valence-corrected chi connectivity index (χ4v) is 2.51. The molecule has 0 aliphatic heterocycles. The molecule has 2 aromatic rings. The average molecular weight is 354 g/mol. The monoisotopic (exact) mass is 354 g/mol. The average Bonchev–Trinajstić information content (AvgIpc) is 2.66. The van der Waals surface area contributed by atoms with Gasteiger partial charge in [-0.15, -0.1) is 0 Å². The zero-order valence-electron chi connectivity index (χ0n) is 14.9. The molecule has 136 valence electrons. The van der Waals surface area contributed by atoms with Gasteiger partial charge in [-0.1, -0.05) is 6.07 Å². The van der Waals surface area contributed by atoms with Crippen LogP contribution in [0.25, 0.3) is 0 Å². The van der Waals surface area contributed by atoms with E-state index in [1.807, 2.05) is 6.92 Å². The number of aliphatic hydroxyl groups is 1. The standard InChI is InChI=1S/C20H22N2O4/c1-3-25-18-10-15(13-23)9-16(11-18)19(20(24)26-4-2)22-17-7-5-14(12-21)6-8-17/h5-11,19,22-23H,3-4,13H2,1-2H3. The van der Waals surface area contributed by atoms with Crippen LogP contribution in [-0.4, -0.2) is 24.3 Å². The van der Waals surface area contributed by atoms with Gasteiger partial charge in [0, 0.05) is 5.69 Å². The van der Waals surface area contributed by atoms with Crippen LogP contribution in [0, 0.1) is 11.3 Å². The third-order valence-corrected chi connectivity index (χ3v) is 3.66. The summed E-state index contributed by atoms with van der Waals surface area (Å²) in [6.45, 7) is 4.17. The van der Waals surface area contributed by atoms with Crippen molar-refractivity contribution in [1.82, 2.24) is 0 Å². The topological polar surface area (TPSA) is 91.6 Å². The molecule has 0 aliphatic rings. The highest BCUT2D eigenvalue weighted by molar-refractivity contribution is 5.81. The second-order valence-corrected chi connectivity index (χ2v) is 5.52. The first-order valence-corrected chi connectivity index (χ1v) is 8.42. The lowest BCUT2D eigenvalue weighted by Gasteiger charge is -2.20. The van der Waals surface area contributed by atoms with Crippen LogP contribution in [0.5, 0.6) is 5.75 Å². The Balaban J connectivity index is 2.38. The number of nitrogens with one attached hydrogen (secondary N) is 1. The van der Waals surface area contributed by atoms with E-state index in [1.54, 1.807) is 49.4 Å². The first kappa shape index (κ1) is 19.3. The Bertz CT molecular complexity index is 781. The Hall–Kier alpha value is -3.04. The molecule has 2 rings (SSSR count). The van der Waals surface area contributed by atoms with E-state index in [0.717, 1.165) is 0 Å². The number of rotatable bonds is 8. The van der Waals surface area contributed by atoms with E-state index in [9.17, 15) is 9.90 Å². The maximum atomic E-state index is 12.5. The van der Waals surface area contributed by atoms with Crippen molar-refractivity contribution in [3.05, 3.63) is 59.2 Å². The summed E-state index contributed by atoms with van der Waals surface area (Å²) < 4.78 is 10.7. The van der Waals surface area contributed by atoms with E-state index in [-0.39, 0.29) is 13.2 Å². The van der Waals surface area contributed by atoms with E-state index in [4.69, 9.17) is 14.7 Å². The smallest absolute Gasteiger partial charge is 0.333 e. The van der Waals surface area contributed by atoms with Crippen LogP contribution in [-0.2, 0) is 16.1 Å². The maximum absolute atomic E-state index is 12.5. The highest BCUT2D eigenvalue weighted by atomic mass is 16.5. The Morgan fingerprint density at radius 3 is 2.50 bits per heavy atom. The van der Waals surface area contributed by atoms with Crippen LogP contribution in [0.3, 0.4) is 0 Å². The van der Waals surface area contributed by atoms with Crippen molar-refractivity contribution in [2.24, 2.45) is 0 Å². The fraction of sp³-hybridized carbons (Fsp3) is 0.300. The first-order valence-electron chi connectivity index (χ1n) is 8.42. The van der Waals surface area contributed by atoms with E-state index < -0.39 is 12.0 Å². The minimum absolute atomic E-state index is 0.166. The molecule has 0 aliphatic carbocycles. The molecular formula is C20H22N2O4. The highest BCUT2D eigenvalue weighted by Gasteiger charge is 2.23. The largest absolute Gasteiger partial charge is 0.494 e. The van der Waals surface area contributed by atoms with Crippen molar-refractivity contribution >= 4 is 11.7 Å². The first-order chi connectivity index (χ1) is 12.6. The zero-order chi connectivity index (χ0) is 18.9. The number of anilines is 1. The number of ether oxygens (including phenoxy) is 2. The van der Waals surface area contributed by atoms with Gasteiger partial charge in [-0.25, -0.2) is 4.79 Å². The minimum Gasteiger partial charge on any atom is -0.494 e. The van der Waals surface area contributed by atoms with Crippen LogP contribution in [0.15, 0.2) is 42.5 Å². The van der Waals surface area contributed by atoms with Crippen LogP contribution in [0.1, 0.15) is 36.6 Å². The molecule has 6 nitrogen and oxygen atoms in total. The summed E-state index contributed by atoms with van der Waals surface area (Å²) in [5, 5.41) is 21.5. The summed E-state index contributed by atoms with van der Waals surface area (Å²) in [7, 11) is 0. The summed E-state index contributed by atoms with van der Waals surface area (Å²) >= 11 is 0. The predicted octanol–water partition coefficient (Wildman–Crippen LogP) is 3.17. The van der Waals surface area contributed by atoms with Crippen molar-refractivity contribution in [1.29, 1.82) is 5.26 Å². The van der Waals surface area contributed by atoms with Crippen LogP contribution < -0.4 is 10.1 Å². The summed E-state index contributed by atoms with van der Waals surface area (Å²) in [5.41, 5.74) is 2.48. The molecule has 0 amide bonds. The molecule has 1 unspecified atom stereocenters. The Kier molecular flexibility index (Phi) is 7.01. The quantitative estimate of drug-likeness (QED) is 0.708. The molecule has 1 atom stereocenters. The molecule has 26 heavy (non-hydrogen) atoms. The number of benzene rings is 2. The van der Waals surface area contributed by atoms with Crippen molar-refractivity contribution in [3.8, 4) is 11.8 Å². The van der Waals surface area contributed by atoms with E-state index in [2.05, 4.69) is 11.4 Å². The minimum atomic E-state index is -0.770. The molecule has 2 N–H and O–H groups in total. The molecule has 0 heterocycles. The van der Waals surface area contributed by atoms with E-state index >= 15 is 0 Å². The van der Waals surface area contributed by atoms with Crippen molar-refractivity contribution in [2.75, 3.05) is 18.5 Å². The van der Waals surface area contributed by atoms with Crippen molar-refractivity contribution in [2.45, 2.75) is 26.5 Å². The predicted molar refractivity (Wildman–Crippen MR) is 97.7 cm³/mol. The third kappa shape index (κ3) is 4.98. The van der Waals surface area contributed by atoms with Gasteiger partial charge in [-0.3, -0.25) is 0 Å². The van der Waals surface area contributed by atoms with Crippen molar-refractivity contribution in [3.63, 3.8) is 0 Å². The lowest BCUT2D eigenvalue weighted by Crippen LogP contribution is -2.23. The van der Waals surface area contributed by atoms with Gasteiger partial charge in [-0.2, -0.15) is 5.26 Å². The molecule has 0 fully saturated rings. The molecule has 0 aromatic heterocycles. The van der Waals surface area contributed by atoms with Gasteiger partial charge in [0.15, 0.2) is 6.04 Å². The normalized spacial score (nSPS) is 11.3. The molecule has 2 aromatic carbocycles. The Labute approximate surface area is 153 Å². The van der Waals surface area contributed by atoms with Gasteiger partial charge < -0.3 is 19.9 Å². The summed E-state index contributed by atoms with van der Waals surface area (Å²) in [5.74, 6) is 0.138. The number of hydrogen-bond acceptors (Lipinski definition) is 6. The van der Waals surface area contributed by atoms with Crippen LogP contribution in [0.2, 0.25) is 0 Å². The molecule has 0 saturated heterocycles. The number of carbonyl (C=O) groups is 1. The number of esters is 1. The van der Waals surface area contributed by atoms with Crippen LogP contribution in [0.4, 0.5) is 5.69 Å². The van der Waals surface area contributed by atoms with E-state index in [0.29, 0.717) is 34.7 Å². The van der Waals surface area contributed by atoms with Gasteiger partial charge in [0.2, 0.25) is 0 Å². The molecule has 0 bridgehead atoms. The van der Waals surface area contributed by atoms with Crippen molar-refractivity contribution < 1.29 is 19.4 Å². The Morgan fingerprint density at radius 1 is 1.19 bits per heavy atom. The SMILES string of the molecule is CCOC(=O)C(Nc1ccc(C#N)cc1)c1cc(CO)cc(OCC)c1. The zero-order valence-corrected chi connectivity index (χ0v) is 14.9. The summed E-state index contributed by atoms with van der Waals surface area (Å²) in [4.78, 5) is 12.5. The van der Waals surface area contributed by atoms with Gasteiger partial charge in [0.05, 0.1) is 31.5 Å². The molecule has 0 radical (unpaired) electrons. The van der Waals surface area contributed by atoms with Gasteiger partial charge in [0.25, 0.3) is 0 Å². The number of nitriles is 1. The Morgan fingerprint density at radius 2 is 1.92 bits per heavy atom. The number of hydrogen-bond donors (Lipinski definition) is 2. The van der Waals surface area contributed by atoms with Gasteiger partial charge in [-0.05, 0) is 61.4 Å².